The van der Waals surface area contributed by atoms with E-state index in [0.29, 0.717) is 40.6 Å². The molecule has 11 heteroatoms. The third-order valence-corrected chi connectivity index (χ3v) is 10.2. The fourth-order valence-corrected chi connectivity index (χ4v) is 7.30. The second-order valence-corrected chi connectivity index (χ2v) is 12.5. The van der Waals surface area contributed by atoms with Gasteiger partial charge in [-0.25, -0.2) is 19.3 Å². The van der Waals surface area contributed by atoms with Gasteiger partial charge in [0.05, 0.1) is 25.0 Å². The quantitative estimate of drug-likeness (QED) is 0.317. The van der Waals surface area contributed by atoms with E-state index >= 15 is 0 Å². The number of benzene rings is 1. The molecule has 1 spiro atoms. The Labute approximate surface area is 249 Å². The summed E-state index contributed by atoms with van der Waals surface area (Å²) in [4.78, 5) is 32.5. The summed E-state index contributed by atoms with van der Waals surface area (Å²) in [6.07, 6.45) is 7.83. The van der Waals surface area contributed by atoms with Gasteiger partial charge in [-0.2, -0.15) is 4.98 Å². The van der Waals surface area contributed by atoms with Gasteiger partial charge in [-0.15, -0.1) is 6.58 Å². The summed E-state index contributed by atoms with van der Waals surface area (Å²) < 4.78 is 9.08. The lowest BCUT2D eigenvalue weighted by Gasteiger charge is -2.55. The van der Waals surface area contributed by atoms with Crippen LogP contribution in [0.4, 0.5) is 17.3 Å². The molecule has 222 valence electrons. The number of aryl methyl sites for hydroxylation is 1. The van der Waals surface area contributed by atoms with Gasteiger partial charge in [0.25, 0.3) is 5.56 Å². The minimum Gasteiger partial charge on any atom is -0.495 e. The Morgan fingerprint density at radius 2 is 1.98 bits per heavy atom. The van der Waals surface area contributed by atoms with E-state index in [1.165, 1.54) is 6.42 Å². The van der Waals surface area contributed by atoms with E-state index in [4.69, 9.17) is 14.7 Å². The average Bonchev–Trinajstić information content (AvgIpc) is 3.77. The molecule has 6 heterocycles. The second kappa shape index (κ2) is 9.65. The van der Waals surface area contributed by atoms with Crippen molar-refractivity contribution in [2.45, 2.75) is 56.8 Å². The predicted molar refractivity (Wildman–Crippen MR) is 165 cm³/mol. The number of nitrogens with zero attached hydrogens (tertiary/aromatic N) is 7. The molecular formula is C32H36N8O3. The summed E-state index contributed by atoms with van der Waals surface area (Å²) in [7, 11) is 3.90. The number of aliphatic hydroxyl groups is 1. The van der Waals surface area contributed by atoms with Gasteiger partial charge in [-0.3, -0.25) is 9.69 Å². The van der Waals surface area contributed by atoms with Gasteiger partial charge in [-0.05, 0) is 62.9 Å². The van der Waals surface area contributed by atoms with Crippen molar-refractivity contribution in [3.05, 3.63) is 70.8 Å². The van der Waals surface area contributed by atoms with Gasteiger partial charge in [0, 0.05) is 48.5 Å². The number of anilines is 3. The highest BCUT2D eigenvalue weighted by Crippen LogP contribution is 2.60. The lowest BCUT2D eigenvalue weighted by Crippen LogP contribution is -2.67. The van der Waals surface area contributed by atoms with E-state index in [1.54, 1.807) is 28.7 Å². The first-order valence-corrected chi connectivity index (χ1v) is 15.1. The lowest BCUT2D eigenvalue weighted by atomic mass is 9.82. The lowest BCUT2D eigenvalue weighted by molar-refractivity contribution is 0.0262. The van der Waals surface area contributed by atoms with Crippen LogP contribution in [0.2, 0.25) is 0 Å². The molecule has 2 N–H and O–H groups in total. The number of aliphatic hydroxyl groups excluding tert-OH is 1. The Kier molecular flexibility index (Phi) is 5.93. The number of ether oxygens (including phenoxy) is 1. The van der Waals surface area contributed by atoms with Crippen LogP contribution >= 0.6 is 0 Å². The van der Waals surface area contributed by atoms with Gasteiger partial charge in [0.15, 0.2) is 11.5 Å². The molecule has 5 aliphatic rings. The number of aromatic nitrogens is 5. The van der Waals surface area contributed by atoms with Crippen LogP contribution in [0.25, 0.3) is 16.9 Å². The van der Waals surface area contributed by atoms with Crippen molar-refractivity contribution in [3.63, 3.8) is 0 Å². The van der Waals surface area contributed by atoms with Crippen molar-refractivity contribution in [1.29, 1.82) is 0 Å². The van der Waals surface area contributed by atoms with E-state index in [2.05, 4.69) is 39.8 Å². The minimum absolute atomic E-state index is 0.0429. The monoisotopic (exact) mass is 580 g/mol. The van der Waals surface area contributed by atoms with E-state index < -0.39 is 6.10 Å². The molecule has 0 radical (unpaired) electrons. The summed E-state index contributed by atoms with van der Waals surface area (Å²) in [6, 6.07) is 11.1. The molecule has 11 nitrogen and oxygen atoms in total. The Bertz CT molecular complexity index is 1810. The van der Waals surface area contributed by atoms with Crippen molar-refractivity contribution in [3.8, 4) is 11.6 Å². The first-order chi connectivity index (χ1) is 20.9. The number of methoxy groups -OCH3 is 1. The smallest absolute Gasteiger partial charge is 0.278 e. The zero-order valence-electron chi connectivity index (χ0n) is 24.5. The van der Waals surface area contributed by atoms with E-state index in [9.17, 15) is 9.90 Å². The van der Waals surface area contributed by atoms with Crippen LogP contribution in [-0.2, 0) is 13.0 Å². The predicted octanol–water partition coefficient (Wildman–Crippen LogP) is 3.57. The Morgan fingerprint density at radius 1 is 1.16 bits per heavy atom. The summed E-state index contributed by atoms with van der Waals surface area (Å²) in [6.45, 7) is 6.11. The maximum Gasteiger partial charge on any atom is 0.278 e. The maximum absolute atomic E-state index is 13.5. The second-order valence-electron chi connectivity index (χ2n) is 12.5. The highest BCUT2D eigenvalue weighted by atomic mass is 16.5. The van der Waals surface area contributed by atoms with Gasteiger partial charge in [0.2, 0.25) is 5.95 Å². The molecule has 9 rings (SSSR count). The van der Waals surface area contributed by atoms with Crippen molar-refractivity contribution < 1.29 is 9.84 Å². The number of piperidine rings is 1. The van der Waals surface area contributed by atoms with Gasteiger partial charge >= 0.3 is 0 Å². The Morgan fingerprint density at radius 3 is 2.70 bits per heavy atom. The number of rotatable bonds is 7. The Balaban J connectivity index is 1.15. The highest BCUT2D eigenvalue weighted by Gasteiger charge is 2.52. The molecule has 3 aromatic heterocycles. The summed E-state index contributed by atoms with van der Waals surface area (Å²) in [5.74, 6) is 1.67. The molecule has 3 saturated heterocycles. The number of hydrogen-bond acceptors (Lipinski definition) is 9. The fraction of sp³-hybridized carbons (Fsp3) is 0.438. The van der Waals surface area contributed by atoms with Crippen molar-refractivity contribution in [2.75, 3.05) is 37.5 Å². The summed E-state index contributed by atoms with van der Waals surface area (Å²) >= 11 is 0. The maximum atomic E-state index is 13.5. The molecule has 4 aromatic rings. The molecule has 0 amide bonds. The third kappa shape index (κ3) is 4.09. The normalized spacial score (nSPS) is 23.6. The average molecular weight is 581 g/mol. The van der Waals surface area contributed by atoms with Gasteiger partial charge in [-0.1, -0.05) is 12.1 Å². The number of allylic oxidation sites excluding steroid dienone is 1. The van der Waals surface area contributed by atoms with Crippen LogP contribution in [0.1, 0.15) is 43.0 Å². The van der Waals surface area contributed by atoms with E-state index in [-0.39, 0.29) is 17.5 Å². The molecule has 3 unspecified atom stereocenters. The molecule has 2 bridgehead atoms. The van der Waals surface area contributed by atoms with Gasteiger partial charge in [0.1, 0.15) is 17.2 Å². The standard InChI is InChI=1S/C32H36N8O3/c1-4-13-39-30(42)23-16-33-31(34-20-6-7-24(25(14-20)43-3)38-17-21-15-22(18-38)37(21)2)36-29(23)40(39)26-8-5-19-9-10-32(11-12-32)28(41)27(19)35-26/h4-8,14,16,21-22,28,41H,1,9-13,15,17-18H2,2-3H3,(H,33,34,36). The molecule has 2 aliphatic carbocycles. The minimum atomic E-state index is -0.598. The van der Waals surface area contributed by atoms with Crippen molar-refractivity contribution in [2.24, 2.45) is 5.41 Å². The van der Waals surface area contributed by atoms with Crippen LogP contribution in [0.3, 0.4) is 0 Å². The number of nitrogens with one attached hydrogen (secondary N) is 1. The van der Waals surface area contributed by atoms with Crippen LogP contribution in [0.15, 0.2) is 54.0 Å². The first kappa shape index (κ1) is 26.4. The zero-order chi connectivity index (χ0) is 29.5. The number of hydrogen-bond donors (Lipinski definition) is 2. The third-order valence-electron chi connectivity index (χ3n) is 10.2. The topological polar surface area (TPSA) is 114 Å². The van der Waals surface area contributed by atoms with Crippen LogP contribution < -0.4 is 20.5 Å². The summed E-state index contributed by atoms with van der Waals surface area (Å²) in [5, 5.41) is 14.9. The van der Waals surface area contributed by atoms with Crippen LogP contribution in [0.5, 0.6) is 5.75 Å². The van der Waals surface area contributed by atoms with Crippen molar-refractivity contribution in [1.82, 2.24) is 29.2 Å². The highest BCUT2D eigenvalue weighted by molar-refractivity contribution is 5.77. The van der Waals surface area contributed by atoms with Crippen molar-refractivity contribution >= 4 is 28.4 Å². The molecule has 4 fully saturated rings. The molecule has 3 atom stereocenters. The van der Waals surface area contributed by atoms with Crippen LogP contribution in [0, 0.1) is 5.41 Å². The number of pyridine rings is 1. The fourth-order valence-electron chi connectivity index (χ4n) is 7.30. The number of piperazine rings is 1. The Hall–Kier alpha value is -4.22. The van der Waals surface area contributed by atoms with Crippen LogP contribution in [-0.4, -0.2) is 73.7 Å². The molecule has 3 aliphatic heterocycles. The molecule has 1 aromatic carbocycles. The first-order valence-electron chi connectivity index (χ1n) is 15.1. The molecular weight excluding hydrogens is 544 g/mol. The molecule has 1 saturated carbocycles. The zero-order valence-corrected chi connectivity index (χ0v) is 24.5. The summed E-state index contributed by atoms with van der Waals surface area (Å²) in [5.41, 5.74) is 3.79. The largest absolute Gasteiger partial charge is 0.495 e. The number of likely N-dealkylation sites (N-methyl/N-ethyl adjacent to an activating group) is 1. The van der Waals surface area contributed by atoms with Gasteiger partial charge < -0.3 is 20.1 Å². The number of fused-ring (bicyclic) bond motifs is 4. The van der Waals surface area contributed by atoms with E-state index in [0.717, 1.165) is 61.5 Å². The SMILES string of the molecule is C=CCn1c(=O)c2cnc(Nc3ccc(N4CC5CC(C4)N5C)c(OC)c3)nc2n1-c1ccc2c(n1)C(O)C1(CC2)CC1. The van der Waals surface area contributed by atoms with E-state index in [1.807, 2.05) is 24.3 Å². The molecule has 43 heavy (non-hydrogen) atoms.